The van der Waals surface area contributed by atoms with Crippen LogP contribution >= 0.6 is 0 Å². The molecule has 0 bridgehead atoms. The van der Waals surface area contributed by atoms with Gasteiger partial charge in [0.15, 0.2) is 0 Å². The van der Waals surface area contributed by atoms with Crippen LogP contribution in [0.4, 0.5) is 10.5 Å². The molecule has 5 heteroatoms. The minimum Gasteiger partial charge on any atom is -0.335 e. The van der Waals surface area contributed by atoms with E-state index in [2.05, 4.69) is 22.8 Å². The summed E-state index contributed by atoms with van der Waals surface area (Å²) in [5.74, 6) is -0.0297. The molecule has 1 unspecified atom stereocenters. The number of anilines is 1. The fraction of sp³-hybridized carbons (Fsp3) is 0.333. The number of hydrogen-bond acceptors (Lipinski definition) is 2. The van der Waals surface area contributed by atoms with Crippen molar-refractivity contribution in [2.24, 2.45) is 0 Å². The van der Waals surface area contributed by atoms with Gasteiger partial charge in [-0.1, -0.05) is 30.3 Å². The van der Waals surface area contributed by atoms with Gasteiger partial charge in [0.25, 0.3) is 5.91 Å². The predicted molar refractivity (Wildman–Crippen MR) is 101 cm³/mol. The maximum atomic E-state index is 13.0. The van der Waals surface area contributed by atoms with E-state index in [1.54, 1.807) is 24.3 Å². The molecule has 1 fully saturated rings. The zero-order valence-electron chi connectivity index (χ0n) is 14.9. The summed E-state index contributed by atoms with van der Waals surface area (Å²) in [4.78, 5) is 26.7. The van der Waals surface area contributed by atoms with E-state index in [1.165, 1.54) is 11.1 Å². The fourth-order valence-corrected chi connectivity index (χ4v) is 3.59. The number of carbonyl (C=O) groups is 2. The van der Waals surface area contributed by atoms with Crippen molar-refractivity contribution in [3.8, 4) is 0 Å². The molecule has 0 saturated heterocycles. The van der Waals surface area contributed by atoms with Crippen LogP contribution in [0.2, 0.25) is 0 Å². The molecular weight excluding hydrogens is 326 g/mol. The lowest BCUT2D eigenvalue weighted by molar-refractivity contribution is 0.0730. The minimum atomic E-state index is -0.213. The Balaban J connectivity index is 1.47. The molecule has 0 spiro atoms. The van der Waals surface area contributed by atoms with E-state index in [9.17, 15) is 9.59 Å². The summed E-state index contributed by atoms with van der Waals surface area (Å²) in [5.41, 5.74) is 3.78. The number of hydrogen-bond donors (Lipinski definition) is 2. The highest BCUT2D eigenvalue weighted by Gasteiger charge is 2.29. The average molecular weight is 349 g/mol. The molecule has 2 aromatic carbocycles. The lowest BCUT2D eigenvalue weighted by atomic mass is 10.1. The van der Waals surface area contributed by atoms with Gasteiger partial charge in [0, 0.05) is 24.3 Å². The van der Waals surface area contributed by atoms with Crippen molar-refractivity contribution in [1.82, 2.24) is 10.2 Å². The molecule has 26 heavy (non-hydrogen) atoms. The van der Waals surface area contributed by atoms with Crippen LogP contribution in [0, 0.1) is 0 Å². The van der Waals surface area contributed by atoms with Gasteiger partial charge in [-0.15, -0.1) is 0 Å². The van der Waals surface area contributed by atoms with Gasteiger partial charge in [-0.3, -0.25) is 4.79 Å². The third kappa shape index (κ3) is 3.43. The van der Waals surface area contributed by atoms with Crippen LogP contribution in [0.1, 0.15) is 46.8 Å². The lowest BCUT2D eigenvalue weighted by Gasteiger charge is -2.25. The number of nitrogens with zero attached hydrogens (tertiary/aromatic N) is 1. The van der Waals surface area contributed by atoms with Crippen LogP contribution in [0.5, 0.6) is 0 Å². The fourth-order valence-electron chi connectivity index (χ4n) is 3.59. The first-order chi connectivity index (χ1) is 12.6. The molecule has 134 valence electrons. The standard InChI is InChI=1S/C21H23N3O2/c1-24(19-12-9-14-5-2-3-8-18(14)19)20(25)15-6-4-7-17(13-15)23-21(26)22-16-10-11-16/h2-8,13,16,19H,9-12H2,1H3,(H2,22,23,26). The SMILES string of the molecule is CN(C(=O)c1cccc(NC(=O)NC2CC2)c1)C1CCc2ccccc21. The summed E-state index contributed by atoms with van der Waals surface area (Å²) in [5, 5.41) is 5.70. The Morgan fingerprint density at radius 1 is 1.04 bits per heavy atom. The van der Waals surface area contributed by atoms with E-state index in [0.29, 0.717) is 17.3 Å². The van der Waals surface area contributed by atoms with E-state index in [1.807, 2.05) is 24.1 Å². The van der Waals surface area contributed by atoms with Crippen LogP contribution in [0.15, 0.2) is 48.5 Å². The van der Waals surface area contributed by atoms with E-state index < -0.39 is 0 Å². The monoisotopic (exact) mass is 349 g/mol. The van der Waals surface area contributed by atoms with Gasteiger partial charge in [-0.25, -0.2) is 4.79 Å². The molecule has 0 radical (unpaired) electrons. The summed E-state index contributed by atoms with van der Waals surface area (Å²) >= 11 is 0. The quantitative estimate of drug-likeness (QED) is 0.883. The molecule has 2 aliphatic rings. The van der Waals surface area contributed by atoms with E-state index >= 15 is 0 Å². The zero-order valence-corrected chi connectivity index (χ0v) is 14.9. The highest BCUT2D eigenvalue weighted by atomic mass is 16.2. The second kappa shape index (κ2) is 6.83. The Hall–Kier alpha value is -2.82. The normalized spacial score (nSPS) is 18.1. The maximum Gasteiger partial charge on any atom is 0.319 e. The largest absolute Gasteiger partial charge is 0.335 e. The highest BCUT2D eigenvalue weighted by Crippen LogP contribution is 2.35. The molecule has 3 amide bonds. The summed E-state index contributed by atoms with van der Waals surface area (Å²) in [6.07, 6.45) is 4.03. The van der Waals surface area contributed by atoms with Gasteiger partial charge in [-0.05, 0) is 55.0 Å². The second-order valence-electron chi connectivity index (χ2n) is 7.12. The Morgan fingerprint density at radius 3 is 2.65 bits per heavy atom. The molecule has 1 atom stereocenters. The van der Waals surface area contributed by atoms with E-state index in [4.69, 9.17) is 0 Å². The van der Waals surface area contributed by atoms with Gasteiger partial charge in [0.1, 0.15) is 0 Å². The number of carbonyl (C=O) groups excluding carboxylic acids is 2. The van der Waals surface area contributed by atoms with Gasteiger partial charge >= 0.3 is 6.03 Å². The third-order valence-corrected chi connectivity index (χ3v) is 5.17. The Labute approximate surface area is 153 Å². The molecule has 0 aliphatic heterocycles. The molecule has 1 saturated carbocycles. The van der Waals surface area contributed by atoms with E-state index in [-0.39, 0.29) is 18.0 Å². The highest BCUT2D eigenvalue weighted by molar-refractivity contribution is 5.97. The average Bonchev–Trinajstić information content (AvgIpc) is 3.35. The van der Waals surface area contributed by atoms with Gasteiger partial charge in [-0.2, -0.15) is 0 Å². The summed E-state index contributed by atoms with van der Waals surface area (Å²) in [7, 11) is 1.86. The maximum absolute atomic E-state index is 13.0. The van der Waals surface area contributed by atoms with Gasteiger partial charge in [0.2, 0.25) is 0 Å². The smallest absolute Gasteiger partial charge is 0.319 e. The Bertz CT molecular complexity index is 845. The van der Waals surface area contributed by atoms with Crippen molar-refractivity contribution >= 4 is 17.6 Å². The number of fused-ring (bicyclic) bond motifs is 1. The summed E-state index contributed by atoms with van der Waals surface area (Å²) in [6, 6.07) is 15.6. The zero-order chi connectivity index (χ0) is 18.1. The first kappa shape index (κ1) is 16.6. The van der Waals surface area contributed by atoms with Crippen LogP contribution in [0.3, 0.4) is 0 Å². The number of rotatable bonds is 4. The molecular formula is C21H23N3O2. The van der Waals surface area contributed by atoms with Crippen LogP contribution in [-0.4, -0.2) is 29.9 Å². The van der Waals surface area contributed by atoms with Crippen molar-refractivity contribution in [2.45, 2.75) is 37.8 Å². The predicted octanol–water partition coefficient (Wildman–Crippen LogP) is 3.73. The lowest BCUT2D eigenvalue weighted by Crippen LogP contribution is -2.31. The van der Waals surface area contributed by atoms with Crippen molar-refractivity contribution in [3.05, 3.63) is 65.2 Å². The molecule has 2 aliphatic carbocycles. The van der Waals surface area contributed by atoms with Crippen LogP contribution in [-0.2, 0) is 6.42 Å². The second-order valence-corrected chi connectivity index (χ2v) is 7.12. The van der Waals surface area contributed by atoms with Crippen LogP contribution in [0.25, 0.3) is 0 Å². The molecule has 2 aromatic rings. The van der Waals surface area contributed by atoms with Crippen molar-refractivity contribution < 1.29 is 9.59 Å². The number of benzene rings is 2. The van der Waals surface area contributed by atoms with Crippen molar-refractivity contribution in [2.75, 3.05) is 12.4 Å². The van der Waals surface area contributed by atoms with Gasteiger partial charge < -0.3 is 15.5 Å². The van der Waals surface area contributed by atoms with Crippen molar-refractivity contribution in [1.29, 1.82) is 0 Å². The third-order valence-electron chi connectivity index (χ3n) is 5.17. The molecule has 4 rings (SSSR count). The summed E-state index contributed by atoms with van der Waals surface area (Å²) < 4.78 is 0. The molecule has 5 nitrogen and oxygen atoms in total. The number of amides is 3. The van der Waals surface area contributed by atoms with Gasteiger partial charge in [0.05, 0.1) is 6.04 Å². The Morgan fingerprint density at radius 2 is 1.85 bits per heavy atom. The number of urea groups is 1. The number of nitrogens with one attached hydrogen (secondary N) is 2. The van der Waals surface area contributed by atoms with Crippen molar-refractivity contribution in [3.63, 3.8) is 0 Å². The van der Waals surface area contributed by atoms with Crippen LogP contribution < -0.4 is 10.6 Å². The number of aryl methyl sites for hydroxylation is 1. The summed E-state index contributed by atoms with van der Waals surface area (Å²) in [6.45, 7) is 0. The Kier molecular flexibility index (Phi) is 4.37. The first-order valence-corrected chi connectivity index (χ1v) is 9.14. The topological polar surface area (TPSA) is 61.4 Å². The molecule has 2 N–H and O–H groups in total. The van der Waals surface area contributed by atoms with E-state index in [0.717, 1.165) is 25.7 Å². The molecule has 0 aromatic heterocycles. The minimum absolute atomic E-state index is 0.0297. The molecule has 0 heterocycles. The first-order valence-electron chi connectivity index (χ1n) is 9.14.